The third kappa shape index (κ3) is 8.01. The minimum atomic E-state index is -3.88. The normalized spacial score (nSPS) is 15.3. The minimum Gasteiger partial charge on any atom is -0.178 e. The molecule has 0 aromatic carbocycles. The van der Waals surface area contributed by atoms with Crippen LogP contribution >= 0.6 is 0 Å². The highest BCUT2D eigenvalue weighted by Crippen LogP contribution is 2.28. The van der Waals surface area contributed by atoms with Gasteiger partial charge in [0.2, 0.25) is 0 Å². The molecule has 0 rings (SSSR count). The maximum Gasteiger partial charge on any atom is 0.355 e. The van der Waals surface area contributed by atoms with Gasteiger partial charge in [-0.15, -0.1) is 0 Å². The SMILES string of the molecule is CC(C)(C)[SiH2]C(F)(F)F. The van der Waals surface area contributed by atoms with Crippen LogP contribution in [0.25, 0.3) is 0 Å². The van der Waals surface area contributed by atoms with Crippen LogP contribution in [-0.2, 0) is 0 Å². The van der Waals surface area contributed by atoms with E-state index in [9.17, 15) is 13.2 Å². The summed E-state index contributed by atoms with van der Waals surface area (Å²) in [4.78, 5) is 0. The Morgan fingerprint density at radius 1 is 1.00 bits per heavy atom. The number of hydrogen-bond donors (Lipinski definition) is 0. The maximum atomic E-state index is 11.6. The Labute approximate surface area is 55.3 Å². The summed E-state index contributed by atoms with van der Waals surface area (Å²) in [5, 5.41) is -0.502. The van der Waals surface area contributed by atoms with E-state index in [2.05, 4.69) is 0 Å². The van der Waals surface area contributed by atoms with Crippen LogP contribution in [0, 0.1) is 0 Å². The van der Waals surface area contributed by atoms with Crippen LogP contribution in [-0.4, -0.2) is 15.3 Å². The lowest BCUT2D eigenvalue weighted by Gasteiger charge is -2.18. The van der Waals surface area contributed by atoms with Gasteiger partial charge >= 0.3 is 5.80 Å². The summed E-state index contributed by atoms with van der Waals surface area (Å²) in [6.45, 7) is 4.89. The molecule has 0 bridgehead atoms. The van der Waals surface area contributed by atoms with E-state index in [-0.39, 0.29) is 0 Å². The number of hydrogen-bond acceptors (Lipinski definition) is 0. The minimum absolute atomic E-state index is 0.502. The lowest BCUT2D eigenvalue weighted by Crippen LogP contribution is -2.26. The number of alkyl halides is 3. The molecule has 0 aromatic heterocycles. The van der Waals surface area contributed by atoms with Crippen molar-refractivity contribution in [1.29, 1.82) is 0 Å². The zero-order valence-electron chi connectivity index (χ0n) is 5.84. The van der Waals surface area contributed by atoms with Crippen molar-refractivity contribution < 1.29 is 13.2 Å². The first-order valence-corrected chi connectivity index (χ1v) is 4.19. The smallest absolute Gasteiger partial charge is 0.178 e. The Morgan fingerprint density at radius 2 is 1.33 bits per heavy atom. The predicted octanol–water partition coefficient (Wildman–Crippen LogP) is 1.89. The van der Waals surface area contributed by atoms with Crippen LogP contribution in [0.15, 0.2) is 0 Å². The molecule has 0 saturated carbocycles. The van der Waals surface area contributed by atoms with Crippen molar-refractivity contribution in [3.8, 4) is 0 Å². The van der Waals surface area contributed by atoms with Crippen molar-refractivity contribution >= 4 is 9.52 Å². The average molecular weight is 156 g/mol. The van der Waals surface area contributed by atoms with Gasteiger partial charge in [-0.05, 0) is 5.04 Å². The Balaban J connectivity index is 3.75. The second-order valence-electron chi connectivity index (χ2n) is 3.35. The van der Waals surface area contributed by atoms with E-state index >= 15 is 0 Å². The first kappa shape index (κ1) is 9.01. The van der Waals surface area contributed by atoms with E-state index in [1.165, 1.54) is 0 Å². The summed E-state index contributed by atoms with van der Waals surface area (Å²) >= 11 is 0. The lowest BCUT2D eigenvalue weighted by atomic mass is 10.3. The Morgan fingerprint density at radius 3 is 1.33 bits per heavy atom. The lowest BCUT2D eigenvalue weighted by molar-refractivity contribution is -0.0493. The van der Waals surface area contributed by atoms with Crippen molar-refractivity contribution in [2.75, 3.05) is 0 Å². The molecule has 0 spiro atoms. The van der Waals surface area contributed by atoms with E-state index in [4.69, 9.17) is 0 Å². The van der Waals surface area contributed by atoms with Crippen molar-refractivity contribution in [2.45, 2.75) is 31.6 Å². The van der Waals surface area contributed by atoms with E-state index in [0.29, 0.717) is 0 Å². The quantitative estimate of drug-likeness (QED) is 0.470. The van der Waals surface area contributed by atoms with Gasteiger partial charge in [-0.3, -0.25) is 0 Å². The van der Waals surface area contributed by atoms with E-state index < -0.39 is 20.4 Å². The van der Waals surface area contributed by atoms with Gasteiger partial charge in [0.15, 0.2) is 9.52 Å². The molecule has 0 aliphatic heterocycles. The van der Waals surface area contributed by atoms with Gasteiger partial charge in [0.05, 0.1) is 0 Å². The van der Waals surface area contributed by atoms with Crippen molar-refractivity contribution in [3.63, 3.8) is 0 Å². The largest absolute Gasteiger partial charge is 0.355 e. The highest BCUT2D eigenvalue weighted by Gasteiger charge is 2.34. The molecule has 0 fully saturated rings. The molecule has 0 amide bonds. The van der Waals surface area contributed by atoms with Crippen LogP contribution in [0.1, 0.15) is 20.8 Å². The van der Waals surface area contributed by atoms with Gasteiger partial charge in [-0.25, -0.2) is 0 Å². The molecule has 0 aliphatic carbocycles. The summed E-state index contributed by atoms with van der Waals surface area (Å²) in [6, 6.07) is 0. The summed E-state index contributed by atoms with van der Waals surface area (Å²) in [5.74, 6) is -3.88. The van der Waals surface area contributed by atoms with Gasteiger partial charge in [0.25, 0.3) is 0 Å². The molecule has 0 aromatic rings. The Kier molecular flexibility index (Phi) is 2.33. The number of rotatable bonds is 0. The third-order valence-electron chi connectivity index (χ3n) is 0.731. The van der Waals surface area contributed by atoms with Crippen molar-refractivity contribution in [2.24, 2.45) is 0 Å². The molecule has 0 aliphatic rings. The van der Waals surface area contributed by atoms with Gasteiger partial charge in [-0.2, -0.15) is 13.2 Å². The highest BCUT2D eigenvalue weighted by molar-refractivity contribution is 6.41. The van der Waals surface area contributed by atoms with Gasteiger partial charge in [-0.1, -0.05) is 20.8 Å². The maximum absolute atomic E-state index is 11.6. The van der Waals surface area contributed by atoms with Crippen LogP contribution < -0.4 is 0 Å². The molecule has 4 heteroatoms. The van der Waals surface area contributed by atoms with E-state index in [1.807, 2.05) is 0 Å². The molecule has 0 unspecified atom stereocenters. The molecule has 9 heavy (non-hydrogen) atoms. The molecule has 0 nitrogen and oxygen atoms in total. The first-order chi connectivity index (χ1) is 3.71. The van der Waals surface area contributed by atoms with E-state index in [0.717, 1.165) is 0 Å². The predicted molar refractivity (Wildman–Crippen MR) is 34.3 cm³/mol. The first-order valence-electron chi connectivity index (χ1n) is 2.77. The molecule has 0 N–H and O–H groups in total. The van der Waals surface area contributed by atoms with Crippen LogP contribution in [0.5, 0.6) is 0 Å². The Bertz CT molecular complexity index is 77.4. The Hall–Kier alpha value is 0.00688. The molecule has 0 radical (unpaired) electrons. The molecular weight excluding hydrogens is 145 g/mol. The van der Waals surface area contributed by atoms with Crippen LogP contribution in [0.4, 0.5) is 13.2 Å². The zero-order valence-corrected chi connectivity index (χ0v) is 7.26. The standard InChI is InChI=1S/C5H11F3Si/c1-4(2,3)9-5(6,7)8/h9H2,1-3H3. The monoisotopic (exact) mass is 156 g/mol. The summed E-state index contributed by atoms with van der Waals surface area (Å²) in [5.41, 5.74) is 0. The topological polar surface area (TPSA) is 0 Å². The zero-order chi connectivity index (χ0) is 7.71. The fraction of sp³-hybridized carbons (Fsp3) is 1.00. The molecule has 0 atom stereocenters. The molecule has 0 saturated heterocycles. The highest BCUT2D eigenvalue weighted by atomic mass is 28.2. The third-order valence-corrected chi connectivity index (χ3v) is 2.19. The van der Waals surface area contributed by atoms with Crippen molar-refractivity contribution in [1.82, 2.24) is 0 Å². The second-order valence-corrected chi connectivity index (χ2v) is 6.63. The van der Waals surface area contributed by atoms with E-state index in [1.54, 1.807) is 20.8 Å². The summed E-state index contributed by atoms with van der Waals surface area (Å²) in [6.07, 6.45) is 0. The number of halogens is 3. The van der Waals surface area contributed by atoms with Gasteiger partial charge in [0.1, 0.15) is 0 Å². The fourth-order valence-electron chi connectivity index (χ4n) is 0.601. The van der Waals surface area contributed by atoms with Crippen LogP contribution in [0.2, 0.25) is 5.04 Å². The van der Waals surface area contributed by atoms with Crippen LogP contribution in [0.3, 0.4) is 0 Å². The fourth-order valence-corrected chi connectivity index (χ4v) is 1.80. The molecule has 56 valence electrons. The van der Waals surface area contributed by atoms with Crippen molar-refractivity contribution in [3.05, 3.63) is 0 Å². The molecule has 0 heterocycles. The average Bonchev–Trinajstić information content (AvgIpc) is 1.14. The van der Waals surface area contributed by atoms with Gasteiger partial charge in [0, 0.05) is 0 Å². The summed E-state index contributed by atoms with van der Waals surface area (Å²) in [7, 11) is -1.91. The summed E-state index contributed by atoms with van der Waals surface area (Å²) < 4.78 is 34.8. The molecular formula is C5H11F3Si. The van der Waals surface area contributed by atoms with Gasteiger partial charge < -0.3 is 0 Å². The second kappa shape index (κ2) is 2.32.